The van der Waals surface area contributed by atoms with E-state index in [1.54, 1.807) is 16.9 Å². The Morgan fingerprint density at radius 1 is 1.23 bits per heavy atom. The molecule has 0 radical (unpaired) electrons. The molecule has 2 N–H and O–H groups in total. The Kier molecular flexibility index (Phi) is 5.04. The molecular formula is C30H43N3OS. The van der Waals surface area contributed by atoms with Crippen molar-refractivity contribution in [2.45, 2.75) is 89.3 Å². The molecule has 6 aliphatic rings. The fourth-order valence-corrected chi connectivity index (χ4v) is 11.5. The van der Waals surface area contributed by atoms with E-state index in [1.807, 2.05) is 18.0 Å². The molecule has 5 heteroatoms. The fourth-order valence-electron chi connectivity index (χ4n) is 10.7. The molecule has 1 aliphatic heterocycles. The van der Waals surface area contributed by atoms with Gasteiger partial charge in [-0.3, -0.25) is 4.79 Å². The van der Waals surface area contributed by atoms with Gasteiger partial charge in [-0.25, -0.2) is 0 Å². The van der Waals surface area contributed by atoms with Crippen molar-refractivity contribution in [2.24, 2.45) is 39.7 Å². The molecular weight excluding hydrogens is 450 g/mol. The fraction of sp³-hybridized carbons (Fsp3) is 0.767. The lowest BCUT2D eigenvalue weighted by atomic mass is 9.46. The highest BCUT2D eigenvalue weighted by Crippen LogP contribution is 2.80. The van der Waals surface area contributed by atoms with Crippen LogP contribution in [0.1, 0.15) is 69.6 Å². The summed E-state index contributed by atoms with van der Waals surface area (Å²) >= 11 is 1.69. The number of likely N-dealkylation sites (tertiary alicyclic amines) is 1. The molecule has 5 fully saturated rings. The van der Waals surface area contributed by atoms with Gasteiger partial charge in [-0.2, -0.15) is 0 Å². The maximum Gasteiger partial charge on any atom is 0.239 e. The second kappa shape index (κ2) is 7.68. The molecule has 190 valence electrons. The Bertz CT molecular complexity index is 1050. The maximum absolute atomic E-state index is 13.2. The number of nitrogens with zero attached hydrogens (tertiary/aromatic N) is 2. The molecule has 2 heterocycles. The molecule has 0 aromatic carbocycles. The third kappa shape index (κ3) is 3.01. The number of likely N-dealkylation sites (N-methyl/N-ethyl adjacent to an activating group) is 1. The highest BCUT2D eigenvalue weighted by atomic mass is 32.1. The van der Waals surface area contributed by atoms with Gasteiger partial charge in [-0.15, -0.1) is 11.3 Å². The van der Waals surface area contributed by atoms with Gasteiger partial charge in [0.2, 0.25) is 5.91 Å². The third-order valence-corrected chi connectivity index (χ3v) is 13.4. The summed E-state index contributed by atoms with van der Waals surface area (Å²) in [6.45, 7) is 3.97. The van der Waals surface area contributed by atoms with E-state index in [9.17, 15) is 4.79 Å². The molecule has 1 amide bonds. The van der Waals surface area contributed by atoms with Gasteiger partial charge in [0.25, 0.3) is 0 Å². The first-order valence-electron chi connectivity index (χ1n) is 14.2. The first-order chi connectivity index (χ1) is 16.8. The van der Waals surface area contributed by atoms with E-state index in [1.165, 1.54) is 56.4 Å². The normalized spacial score (nSPS) is 46.5. The van der Waals surface area contributed by atoms with Crippen molar-refractivity contribution in [1.82, 2.24) is 9.80 Å². The quantitative estimate of drug-likeness (QED) is 0.594. The van der Waals surface area contributed by atoms with Gasteiger partial charge >= 0.3 is 0 Å². The van der Waals surface area contributed by atoms with E-state index in [-0.39, 0.29) is 5.91 Å². The number of fused-ring (bicyclic) bond motifs is 4. The molecule has 35 heavy (non-hydrogen) atoms. The van der Waals surface area contributed by atoms with Gasteiger partial charge in [0.1, 0.15) is 0 Å². The van der Waals surface area contributed by atoms with E-state index in [0.29, 0.717) is 28.7 Å². The molecule has 1 aromatic heterocycles. The lowest BCUT2D eigenvalue weighted by Gasteiger charge is -2.59. The van der Waals surface area contributed by atoms with Crippen molar-refractivity contribution in [2.75, 3.05) is 20.6 Å². The van der Waals surface area contributed by atoms with E-state index in [0.717, 1.165) is 36.6 Å². The Labute approximate surface area is 215 Å². The van der Waals surface area contributed by atoms with Gasteiger partial charge in [0.15, 0.2) is 0 Å². The predicted molar refractivity (Wildman–Crippen MR) is 142 cm³/mol. The summed E-state index contributed by atoms with van der Waals surface area (Å²) in [6, 6.07) is 4.90. The van der Waals surface area contributed by atoms with Crippen molar-refractivity contribution in [3.05, 3.63) is 34.0 Å². The van der Waals surface area contributed by atoms with Crippen molar-refractivity contribution in [3.8, 4) is 0 Å². The van der Waals surface area contributed by atoms with E-state index in [2.05, 4.69) is 36.4 Å². The Hall–Kier alpha value is -1.17. The zero-order valence-electron chi connectivity index (χ0n) is 21.8. The Morgan fingerprint density at radius 3 is 2.80 bits per heavy atom. The van der Waals surface area contributed by atoms with Crippen LogP contribution in [-0.2, 0) is 11.2 Å². The summed E-state index contributed by atoms with van der Waals surface area (Å²) in [4.78, 5) is 19.1. The first kappa shape index (κ1) is 23.0. The molecule has 4 nitrogen and oxygen atoms in total. The van der Waals surface area contributed by atoms with Crippen LogP contribution >= 0.6 is 11.3 Å². The number of hydrogen-bond acceptors (Lipinski definition) is 4. The topological polar surface area (TPSA) is 49.6 Å². The molecule has 1 unspecified atom stereocenters. The molecule has 9 atom stereocenters. The van der Waals surface area contributed by atoms with Crippen LogP contribution in [-0.4, -0.2) is 54.5 Å². The highest BCUT2D eigenvalue weighted by Gasteiger charge is 2.78. The second-order valence-corrected chi connectivity index (χ2v) is 14.6. The summed E-state index contributed by atoms with van der Waals surface area (Å²) < 4.78 is 0. The molecule has 5 aliphatic carbocycles. The van der Waals surface area contributed by atoms with Crippen LogP contribution in [0.5, 0.6) is 0 Å². The highest BCUT2D eigenvalue weighted by molar-refractivity contribution is 7.09. The number of carbonyl (C=O) groups excluding carboxylic acids is 1. The minimum absolute atomic E-state index is 0.112. The monoisotopic (exact) mass is 493 g/mol. The molecule has 1 aromatic rings. The first-order valence-corrected chi connectivity index (χ1v) is 15.1. The second-order valence-electron chi connectivity index (χ2n) is 13.5. The number of thiophene rings is 1. The van der Waals surface area contributed by atoms with Crippen molar-refractivity contribution in [1.29, 1.82) is 0 Å². The SMILES string of the molecule is CN1C[C@]23CCC4[C@@H](CC=C5C[C@@H](N(C)C(=O)[C@H](N)Cc6cccs6)CC[C@@]54C)[C@@H]2CC[C@@]32C[C@H]12. The minimum atomic E-state index is -0.434. The maximum atomic E-state index is 13.2. The smallest absolute Gasteiger partial charge is 0.239 e. The van der Waals surface area contributed by atoms with Crippen molar-refractivity contribution in [3.63, 3.8) is 0 Å². The third-order valence-electron chi connectivity index (χ3n) is 12.5. The summed E-state index contributed by atoms with van der Waals surface area (Å²) in [7, 11) is 4.41. The summed E-state index contributed by atoms with van der Waals surface area (Å²) in [5, 5.41) is 2.06. The van der Waals surface area contributed by atoms with Crippen molar-refractivity contribution < 1.29 is 4.79 Å². The lowest BCUT2D eigenvalue weighted by molar-refractivity contribution is -0.134. The zero-order chi connectivity index (χ0) is 24.2. The zero-order valence-corrected chi connectivity index (χ0v) is 22.7. The van der Waals surface area contributed by atoms with Crippen LogP contribution < -0.4 is 5.73 Å². The van der Waals surface area contributed by atoms with Crippen LogP contribution in [0.2, 0.25) is 0 Å². The van der Waals surface area contributed by atoms with Crippen molar-refractivity contribution >= 4 is 17.2 Å². The predicted octanol–water partition coefficient (Wildman–Crippen LogP) is 5.09. The molecule has 0 bridgehead atoms. The van der Waals surface area contributed by atoms with Gasteiger partial charge < -0.3 is 15.5 Å². The van der Waals surface area contributed by atoms with Gasteiger partial charge in [0.05, 0.1) is 6.04 Å². The largest absolute Gasteiger partial charge is 0.341 e. The standard InChI is InChI=1S/C30H43N3OS/c1-28-11-8-20(33(3)27(34)25(31)16-21-5-4-14-35-21)15-19(28)6-7-22-23(28)9-13-30-18-32(2)26-17-29(26,30)12-10-24(22)30/h4-6,14,20,22-26H,7-13,15-18,31H2,1-3H3/t20-,22+,23?,24-,25+,26-,28-,29-,30+/m0/s1. The average Bonchev–Trinajstić information content (AvgIpc) is 3.09. The number of hydrogen-bond donors (Lipinski definition) is 1. The number of rotatable bonds is 4. The van der Waals surface area contributed by atoms with Crippen LogP contribution in [0, 0.1) is 34.0 Å². The number of amides is 1. The number of carbonyl (C=O) groups is 1. The van der Waals surface area contributed by atoms with E-state index < -0.39 is 6.04 Å². The van der Waals surface area contributed by atoms with E-state index in [4.69, 9.17) is 5.73 Å². The summed E-state index contributed by atoms with van der Waals surface area (Å²) in [6.07, 6.45) is 15.4. The van der Waals surface area contributed by atoms with Gasteiger partial charge in [-0.1, -0.05) is 24.6 Å². The van der Waals surface area contributed by atoms with E-state index >= 15 is 0 Å². The molecule has 4 saturated carbocycles. The summed E-state index contributed by atoms with van der Waals surface area (Å²) in [5.41, 5.74) is 9.72. The molecule has 1 saturated heterocycles. The van der Waals surface area contributed by atoms with Crippen LogP contribution in [0.4, 0.5) is 0 Å². The number of piperidine rings is 1. The molecule has 7 rings (SSSR count). The minimum Gasteiger partial charge on any atom is -0.341 e. The van der Waals surface area contributed by atoms with Crippen LogP contribution in [0.3, 0.4) is 0 Å². The van der Waals surface area contributed by atoms with Gasteiger partial charge in [-0.05, 0) is 110 Å². The van der Waals surface area contributed by atoms with Gasteiger partial charge in [0, 0.05) is 37.0 Å². The summed E-state index contributed by atoms with van der Waals surface area (Å²) in [5.74, 6) is 2.80. The number of nitrogens with two attached hydrogens (primary N) is 1. The lowest BCUT2D eigenvalue weighted by Crippen LogP contribution is -2.54. The average molecular weight is 494 g/mol. The molecule has 2 spiro atoms. The number of allylic oxidation sites excluding steroid dienone is 1. The Balaban J connectivity index is 1.08. The van der Waals surface area contributed by atoms with Crippen LogP contribution in [0.15, 0.2) is 29.2 Å². The Morgan fingerprint density at radius 2 is 2.03 bits per heavy atom. The van der Waals surface area contributed by atoms with Crippen LogP contribution in [0.25, 0.3) is 0 Å².